The van der Waals surface area contributed by atoms with E-state index in [0.717, 1.165) is 38.3 Å². The average Bonchev–Trinajstić information content (AvgIpc) is 3.05. The second-order valence-electron chi connectivity index (χ2n) is 7.78. The quantitative estimate of drug-likeness (QED) is 0.260. The predicted octanol–water partition coefficient (Wildman–Crippen LogP) is 0.0398. The zero-order valence-electron chi connectivity index (χ0n) is 20.8. The van der Waals surface area contributed by atoms with Gasteiger partial charge in [0.15, 0.2) is 6.23 Å². The number of hydrogen-bond acceptors (Lipinski definition) is 10. The van der Waals surface area contributed by atoms with Crippen LogP contribution in [-0.4, -0.2) is 63.3 Å². The van der Waals surface area contributed by atoms with Crippen molar-refractivity contribution in [2.45, 2.75) is 43.9 Å². The average molecular weight is 519 g/mol. The Balaban J connectivity index is 1.87. The van der Waals surface area contributed by atoms with Crippen LogP contribution in [0, 0.1) is 5.82 Å². The number of aromatic amines is 1. The maximum absolute atomic E-state index is 13.5. The molecule has 2 aromatic rings. The number of aromatic nitrogens is 2. The molecule has 6 atom stereocenters. The summed E-state index contributed by atoms with van der Waals surface area (Å²) in [7, 11) is -3.36. The number of nitrogens with zero attached hydrogens (tertiary/aromatic N) is 1. The minimum absolute atomic E-state index is 0.103. The van der Waals surface area contributed by atoms with Gasteiger partial charge in [0.25, 0.3) is 5.56 Å². The standard InChI is InChI=1S/C20H25FN3O10P/c1-11(17(27)31-3)23-35(30,34-13-6-4-12(21)5-7-13)32-10-14-16(26)20(2,29)18(33-14)24-9-8-15(25)22-19(24)28/h4-9,11,14,16,18,26,29H,10H2,1-3H3,(H,23,30)(H,22,25,28)/t11?,14-,16-,18-,20-,35?/m1/s1/i8D,9D. The van der Waals surface area contributed by atoms with Crippen molar-refractivity contribution in [2.75, 3.05) is 13.7 Å². The van der Waals surface area contributed by atoms with Crippen molar-refractivity contribution >= 4 is 13.7 Å². The number of benzene rings is 1. The Kier molecular flexibility index (Phi) is 7.09. The minimum atomic E-state index is -4.45. The highest BCUT2D eigenvalue weighted by Gasteiger charge is 2.54. The molecule has 15 heteroatoms. The molecule has 1 aromatic carbocycles. The Labute approximate surface area is 200 Å². The van der Waals surface area contributed by atoms with E-state index in [4.69, 9.17) is 16.5 Å². The number of H-pyrrole nitrogens is 1. The molecule has 1 aromatic heterocycles. The number of ether oxygens (including phenoxy) is 2. The lowest BCUT2D eigenvalue weighted by molar-refractivity contribution is -0.142. The lowest BCUT2D eigenvalue weighted by Crippen LogP contribution is -2.47. The number of hydrogen-bond donors (Lipinski definition) is 4. The zero-order chi connectivity index (χ0) is 27.7. The van der Waals surface area contributed by atoms with Crippen LogP contribution in [0.15, 0.2) is 46.1 Å². The third-order valence-corrected chi connectivity index (χ3v) is 6.72. The monoisotopic (exact) mass is 519 g/mol. The zero-order valence-corrected chi connectivity index (χ0v) is 19.7. The molecule has 0 amide bonds. The van der Waals surface area contributed by atoms with Gasteiger partial charge in [0.2, 0.25) is 0 Å². The van der Waals surface area contributed by atoms with Crippen molar-refractivity contribution < 1.29 is 45.2 Å². The molecule has 4 N–H and O–H groups in total. The maximum Gasteiger partial charge on any atom is 0.459 e. The van der Waals surface area contributed by atoms with Crippen molar-refractivity contribution in [2.24, 2.45) is 0 Å². The van der Waals surface area contributed by atoms with Gasteiger partial charge in [-0.25, -0.2) is 13.8 Å². The second-order valence-corrected chi connectivity index (χ2v) is 9.47. The van der Waals surface area contributed by atoms with Gasteiger partial charge in [0.05, 0.1) is 16.5 Å². The molecule has 1 saturated heterocycles. The molecule has 192 valence electrons. The summed E-state index contributed by atoms with van der Waals surface area (Å²) in [5.41, 5.74) is -4.55. The largest absolute Gasteiger partial charge is 0.468 e. The molecule has 0 spiro atoms. The van der Waals surface area contributed by atoms with Crippen LogP contribution >= 0.6 is 7.75 Å². The summed E-state index contributed by atoms with van der Waals surface area (Å²) < 4.78 is 63.6. The molecule has 35 heavy (non-hydrogen) atoms. The summed E-state index contributed by atoms with van der Waals surface area (Å²) in [5, 5.41) is 23.9. The lowest BCUT2D eigenvalue weighted by atomic mass is 9.96. The normalized spacial score (nSPS) is 27.4. The van der Waals surface area contributed by atoms with Crippen LogP contribution in [0.4, 0.5) is 4.39 Å². The van der Waals surface area contributed by atoms with Crippen molar-refractivity contribution in [3.05, 3.63) is 63.1 Å². The maximum atomic E-state index is 13.5. The molecule has 0 bridgehead atoms. The molecule has 0 aliphatic carbocycles. The topological polar surface area (TPSA) is 178 Å². The number of aliphatic hydroxyl groups is 2. The third kappa shape index (κ3) is 6.04. The van der Waals surface area contributed by atoms with Crippen molar-refractivity contribution in [1.29, 1.82) is 0 Å². The summed E-state index contributed by atoms with van der Waals surface area (Å²) in [4.78, 5) is 37.6. The van der Waals surface area contributed by atoms with E-state index >= 15 is 0 Å². The van der Waals surface area contributed by atoms with E-state index in [9.17, 15) is 33.6 Å². The number of carbonyl (C=O) groups is 1. The molecular formula is C20H25FN3O10P. The molecule has 13 nitrogen and oxygen atoms in total. The van der Waals surface area contributed by atoms with Crippen molar-refractivity contribution in [3.63, 3.8) is 0 Å². The highest BCUT2D eigenvalue weighted by molar-refractivity contribution is 7.52. The molecule has 2 unspecified atom stereocenters. The molecule has 1 fully saturated rings. The molecule has 3 rings (SSSR count). The van der Waals surface area contributed by atoms with E-state index < -0.39 is 79.7 Å². The van der Waals surface area contributed by atoms with Gasteiger partial charge in [0, 0.05) is 12.2 Å². The van der Waals surface area contributed by atoms with Crippen LogP contribution in [0.25, 0.3) is 0 Å². The molecule has 0 radical (unpaired) electrons. The van der Waals surface area contributed by atoms with Crippen LogP contribution in [-0.2, 0) is 23.4 Å². The van der Waals surface area contributed by atoms with Gasteiger partial charge in [-0.1, -0.05) is 0 Å². The van der Waals surface area contributed by atoms with Gasteiger partial charge in [-0.3, -0.25) is 23.7 Å². The number of esters is 1. The lowest BCUT2D eigenvalue weighted by Gasteiger charge is -2.27. The SMILES string of the molecule is [2H]c1c([2H])n([C@@H]2O[C@H](COP(=O)(NC(C)C(=O)OC)Oc3ccc(F)cc3)[C@@H](O)[C@@]2(C)O)c(=O)[nH]c1=O. The Morgan fingerprint density at radius 1 is 1.43 bits per heavy atom. The number of nitrogens with one attached hydrogen (secondary N) is 2. The summed E-state index contributed by atoms with van der Waals surface area (Å²) in [5.74, 6) is -1.52. The van der Waals surface area contributed by atoms with Gasteiger partial charge < -0.3 is 24.2 Å². The fourth-order valence-electron chi connectivity index (χ4n) is 3.23. The number of methoxy groups -OCH3 is 1. The van der Waals surface area contributed by atoms with E-state index in [1.165, 1.54) is 6.92 Å². The predicted molar refractivity (Wildman–Crippen MR) is 117 cm³/mol. The highest BCUT2D eigenvalue weighted by atomic mass is 31.2. The van der Waals surface area contributed by atoms with E-state index in [1.54, 1.807) is 0 Å². The summed E-state index contributed by atoms with van der Waals surface area (Å²) in [6, 6.07) is 2.25. The third-order valence-electron chi connectivity index (χ3n) is 5.07. The van der Waals surface area contributed by atoms with Gasteiger partial charge in [-0.15, -0.1) is 0 Å². The molecule has 1 aliphatic rings. The summed E-state index contributed by atoms with van der Waals surface area (Å²) in [6.07, 6.45) is -5.90. The highest BCUT2D eigenvalue weighted by Crippen LogP contribution is 2.46. The Morgan fingerprint density at radius 3 is 2.71 bits per heavy atom. The van der Waals surface area contributed by atoms with Crippen LogP contribution in [0.2, 0.25) is 0 Å². The first-order valence-electron chi connectivity index (χ1n) is 11.1. The minimum Gasteiger partial charge on any atom is -0.468 e. The van der Waals surface area contributed by atoms with Crippen LogP contribution in [0.5, 0.6) is 5.75 Å². The van der Waals surface area contributed by atoms with E-state index in [-0.39, 0.29) is 5.75 Å². The molecule has 2 heterocycles. The Bertz CT molecular complexity index is 1320. The summed E-state index contributed by atoms with van der Waals surface area (Å²) in [6.45, 7) is 1.63. The van der Waals surface area contributed by atoms with E-state index in [1.807, 2.05) is 4.98 Å². The van der Waals surface area contributed by atoms with Gasteiger partial charge in [-0.05, 0) is 38.1 Å². The fraction of sp³-hybridized carbons (Fsp3) is 0.450. The Hall–Kier alpha value is -2.87. The second kappa shape index (κ2) is 10.4. The van der Waals surface area contributed by atoms with Gasteiger partial charge in [-0.2, -0.15) is 5.09 Å². The Morgan fingerprint density at radius 2 is 2.09 bits per heavy atom. The number of halogens is 1. The fourth-order valence-corrected chi connectivity index (χ4v) is 4.73. The number of carbonyl (C=O) groups excluding carboxylic acids is 1. The van der Waals surface area contributed by atoms with Crippen molar-refractivity contribution in [3.8, 4) is 5.75 Å². The van der Waals surface area contributed by atoms with Gasteiger partial charge >= 0.3 is 19.4 Å². The molecule has 1 aliphatic heterocycles. The van der Waals surface area contributed by atoms with Crippen molar-refractivity contribution in [1.82, 2.24) is 14.6 Å². The van der Waals surface area contributed by atoms with E-state index in [0.29, 0.717) is 4.57 Å². The van der Waals surface area contributed by atoms with Crippen LogP contribution in [0.3, 0.4) is 0 Å². The number of rotatable bonds is 9. The molecular weight excluding hydrogens is 492 g/mol. The van der Waals surface area contributed by atoms with Crippen LogP contribution in [0.1, 0.15) is 22.8 Å². The first kappa shape index (κ1) is 23.9. The smallest absolute Gasteiger partial charge is 0.459 e. The molecule has 0 saturated carbocycles. The first-order chi connectivity index (χ1) is 17.2. The summed E-state index contributed by atoms with van der Waals surface area (Å²) >= 11 is 0. The van der Waals surface area contributed by atoms with Crippen LogP contribution < -0.4 is 20.9 Å². The van der Waals surface area contributed by atoms with Gasteiger partial charge in [0.1, 0.15) is 35.4 Å². The first-order valence-corrected chi connectivity index (χ1v) is 11.7. The van der Waals surface area contributed by atoms with E-state index in [2.05, 4.69) is 9.82 Å². The number of aliphatic hydroxyl groups excluding tert-OH is 1.